The number of hydrogen-bond acceptors (Lipinski definition) is 4. The molecule has 0 aromatic carbocycles. The van der Waals surface area contributed by atoms with E-state index in [4.69, 9.17) is 0 Å². The van der Waals surface area contributed by atoms with Crippen molar-refractivity contribution in [1.82, 2.24) is 20.4 Å². The number of amides is 1. The van der Waals surface area contributed by atoms with Crippen molar-refractivity contribution in [2.75, 3.05) is 11.6 Å². The van der Waals surface area contributed by atoms with Gasteiger partial charge in [0.2, 0.25) is 5.91 Å². The second kappa shape index (κ2) is 6.15. The minimum Gasteiger partial charge on any atom is -0.348 e. The molecule has 0 bridgehead atoms. The van der Waals surface area contributed by atoms with Gasteiger partial charge in [0.15, 0.2) is 0 Å². The number of carbonyl (C=O) groups excluding carboxylic acids is 1. The molecular formula is C12H19ClN4OS. The first-order chi connectivity index (χ1) is 8.75. The van der Waals surface area contributed by atoms with E-state index in [0.717, 1.165) is 30.9 Å². The van der Waals surface area contributed by atoms with E-state index in [1.165, 1.54) is 11.3 Å². The molecule has 1 aromatic rings. The highest BCUT2D eigenvalue weighted by Crippen LogP contribution is 2.29. The summed E-state index contributed by atoms with van der Waals surface area (Å²) in [6, 6.07) is 0.111. The highest BCUT2D eigenvalue weighted by atomic mass is 35.5. The number of aryl methyl sites for hydroxylation is 1. The number of nitrogens with zero attached hydrogens (tertiary/aromatic N) is 2. The molecule has 19 heavy (non-hydrogen) atoms. The third-order valence-corrected chi connectivity index (χ3v) is 4.66. The molecule has 1 aromatic heterocycles. The summed E-state index contributed by atoms with van der Waals surface area (Å²) in [6.45, 7) is 0. The quantitative estimate of drug-likeness (QED) is 0.856. The Morgan fingerprint density at radius 2 is 2.47 bits per heavy atom. The molecule has 106 valence electrons. The van der Waals surface area contributed by atoms with E-state index in [0.29, 0.717) is 0 Å². The first-order valence-corrected chi connectivity index (χ1v) is 7.53. The van der Waals surface area contributed by atoms with Gasteiger partial charge in [0.1, 0.15) is 0 Å². The molecule has 2 atom stereocenters. The number of nitrogens with one attached hydrogen (secondary N) is 2. The van der Waals surface area contributed by atoms with Crippen LogP contribution < -0.4 is 10.6 Å². The van der Waals surface area contributed by atoms with E-state index >= 15 is 0 Å². The number of carbonyl (C=O) groups is 1. The highest BCUT2D eigenvalue weighted by molar-refractivity contribution is 7.99. The average Bonchev–Trinajstić information content (AvgIpc) is 3.00. The van der Waals surface area contributed by atoms with E-state index in [2.05, 4.69) is 15.7 Å². The smallest absolute Gasteiger partial charge is 0.238 e. The highest BCUT2D eigenvalue weighted by Gasteiger charge is 2.28. The van der Waals surface area contributed by atoms with Crippen LogP contribution in [0.15, 0.2) is 6.20 Å². The third-order valence-electron chi connectivity index (χ3n) is 3.72. The van der Waals surface area contributed by atoms with Crippen molar-refractivity contribution in [2.24, 2.45) is 7.05 Å². The second-order valence-corrected chi connectivity index (χ2v) is 5.93. The van der Waals surface area contributed by atoms with Crippen molar-refractivity contribution in [3.63, 3.8) is 0 Å². The Labute approximate surface area is 123 Å². The van der Waals surface area contributed by atoms with E-state index in [1.54, 1.807) is 11.8 Å². The van der Waals surface area contributed by atoms with E-state index in [-0.39, 0.29) is 30.4 Å². The van der Waals surface area contributed by atoms with Crippen LogP contribution in [0.2, 0.25) is 0 Å². The molecule has 7 heteroatoms. The Kier molecular flexibility index (Phi) is 4.76. The predicted octanol–water partition coefficient (Wildman–Crippen LogP) is 0.998. The SMILES string of the molecule is Cl.Cn1ncc2c1CCCC2NC(=O)C1CSCN1. The van der Waals surface area contributed by atoms with Gasteiger partial charge in [0, 0.05) is 29.9 Å². The lowest BCUT2D eigenvalue weighted by Gasteiger charge is -2.25. The van der Waals surface area contributed by atoms with Crippen LogP contribution in [0.4, 0.5) is 0 Å². The molecular weight excluding hydrogens is 284 g/mol. The van der Waals surface area contributed by atoms with Crippen molar-refractivity contribution >= 4 is 30.1 Å². The van der Waals surface area contributed by atoms with E-state index in [1.807, 2.05) is 17.9 Å². The number of thioether (sulfide) groups is 1. The fourth-order valence-electron chi connectivity index (χ4n) is 2.69. The fraction of sp³-hybridized carbons (Fsp3) is 0.667. The maximum atomic E-state index is 12.1. The minimum atomic E-state index is -0.0305. The lowest BCUT2D eigenvalue weighted by molar-refractivity contribution is -0.123. The Bertz CT molecular complexity index is 459. The summed E-state index contributed by atoms with van der Waals surface area (Å²) in [5.74, 6) is 1.88. The van der Waals surface area contributed by atoms with Gasteiger partial charge in [-0.05, 0) is 19.3 Å². The Hall–Kier alpha value is -0.720. The molecule has 3 rings (SSSR count). The molecule has 1 aliphatic carbocycles. The monoisotopic (exact) mass is 302 g/mol. The zero-order valence-corrected chi connectivity index (χ0v) is 12.5. The number of rotatable bonds is 2. The number of halogens is 1. The summed E-state index contributed by atoms with van der Waals surface area (Å²) in [5.41, 5.74) is 2.46. The van der Waals surface area contributed by atoms with Gasteiger partial charge in [-0.25, -0.2) is 0 Å². The normalized spacial score (nSPS) is 25.5. The van der Waals surface area contributed by atoms with Crippen LogP contribution in [0.3, 0.4) is 0 Å². The standard InChI is InChI=1S/C12H18N4OS.ClH/c1-16-11-4-2-3-9(8(11)5-14-16)15-12(17)10-6-18-7-13-10;/h5,9-10,13H,2-4,6-7H2,1H3,(H,15,17);1H. The van der Waals surface area contributed by atoms with Crippen molar-refractivity contribution < 1.29 is 4.79 Å². The Morgan fingerprint density at radius 3 is 3.21 bits per heavy atom. The summed E-state index contributed by atoms with van der Waals surface area (Å²) in [5, 5.41) is 10.7. The summed E-state index contributed by atoms with van der Waals surface area (Å²) in [4.78, 5) is 12.1. The van der Waals surface area contributed by atoms with Gasteiger partial charge in [-0.15, -0.1) is 24.2 Å². The molecule has 5 nitrogen and oxygen atoms in total. The molecule has 2 unspecified atom stereocenters. The minimum absolute atomic E-state index is 0. The molecule has 0 radical (unpaired) electrons. The van der Waals surface area contributed by atoms with Crippen LogP contribution in [0.1, 0.15) is 30.1 Å². The summed E-state index contributed by atoms with van der Waals surface area (Å²) in [6.07, 6.45) is 5.10. The third kappa shape index (κ3) is 2.90. The first kappa shape index (κ1) is 14.7. The van der Waals surface area contributed by atoms with Crippen LogP contribution >= 0.6 is 24.2 Å². The summed E-state index contributed by atoms with van der Waals surface area (Å²) in [7, 11) is 1.97. The van der Waals surface area contributed by atoms with Gasteiger partial charge in [0.25, 0.3) is 0 Å². The van der Waals surface area contributed by atoms with Gasteiger partial charge in [-0.1, -0.05) is 0 Å². The molecule has 0 spiro atoms. The van der Waals surface area contributed by atoms with Gasteiger partial charge in [-0.2, -0.15) is 5.10 Å². The van der Waals surface area contributed by atoms with Gasteiger partial charge >= 0.3 is 0 Å². The van der Waals surface area contributed by atoms with E-state index in [9.17, 15) is 4.79 Å². The molecule has 2 aliphatic rings. The molecule has 1 amide bonds. The molecule has 1 saturated heterocycles. The zero-order valence-electron chi connectivity index (χ0n) is 10.9. The first-order valence-electron chi connectivity index (χ1n) is 6.38. The maximum absolute atomic E-state index is 12.1. The van der Waals surface area contributed by atoms with Crippen molar-refractivity contribution in [1.29, 1.82) is 0 Å². The molecule has 2 N–H and O–H groups in total. The van der Waals surface area contributed by atoms with Crippen molar-refractivity contribution in [2.45, 2.75) is 31.3 Å². The van der Waals surface area contributed by atoms with Crippen LogP contribution in [0.25, 0.3) is 0 Å². The summed E-state index contributed by atoms with van der Waals surface area (Å²) >= 11 is 1.77. The number of aromatic nitrogens is 2. The lowest BCUT2D eigenvalue weighted by Crippen LogP contribution is -2.44. The molecule has 2 heterocycles. The van der Waals surface area contributed by atoms with Gasteiger partial charge < -0.3 is 5.32 Å². The number of hydrogen-bond donors (Lipinski definition) is 2. The fourth-order valence-corrected chi connectivity index (χ4v) is 3.63. The lowest BCUT2D eigenvalue weighted by atomic mass is 9.93. The summed E-state index contributed by atoms with van der Waals surface area (Å²) < 4.78 is 1.93. The average molecular weight is 303 g/mol. The van der Waals surface area contributed by atoms with Gasteiger partial charge in [0.05, 0.1) is 18.3 Å². The molecule has 1 aliphatic heterocycles. The predicted molar refractivity (Wildman–Crippen MR) is 78.5 cm³/mol. The maximum Gasteiger partial charge on any atom is 0.238 e. The van der Waals surface area contributed by atoms with Crippen molar-refractivity contribution in [3.05, 3.63) is 17.5 Å². The van der Waals surface area contributed by atoms with Crippen LogP contribution in [-0.2, 0) is 18.3 Å². The Morgan fingerprint density at radius 1 is 1.63 bits per heavy atom. The van der Waals surface area contributed by atoms with Crippen LogP contribution in [0, 0.1) is 0 Å². The molecule has 0 saturated carbocycles. The van der Waals surface area contributed by atoms with Gasteiger partial charge in [-0.3, -0.25) is 14.8 Å². The van der Waals surface area contributed by atoms with Crippen molar-refractivity contribution in [3.8, 4) is 0 Å². The van der Waals surface area contributed by atoms with Crippen LogP contribution in [-0.4, -0.2) is 33.4 Å². The van der Waals surface area contributed by atoms with Crippen LogP contribution in [0.5, 0.6) is 0 Å². The topological polar surface area (TPSA) is 59.0 Å². The second-order valence-electron chi connectivity index (χ2n) is 4.90. The number of fused-ring (bicyclic) bond motifs is 1. The molecule has 1 fully saturated rings. The van der Waals surface area contributed by atoms with E-state index < -0.39 is 0 Å². The Balaban J connectivity index is 0.00000133. The largest absolute Gasteiger partial charge is 0.348 e. The zero-order chi connectivity index (χ0) is 12.5.